The van der Waals surface area contributed by atoms with E-state index in [4.69, 9.17) is 5.11 Å². The number of hydrogen-bond donors (Lipinski definition) is 1. The summed E-state index contributed by atoms with van der Waals surface area (Å²) in [4.78, 5) is 0. The van der Waals surface area contributed by atoms with Crippen molar-refractivity contribution in [2.75, 3.05) is 26.7 Å². The van der Waals surface area contributed by atoms with Crippen LogP contribution in [0, 0.1) is 0 Å². The predicted molar refractivity (Wildman–Crippen MR) is 50.9 cm³/mol. The second kappa shape index (κ2) is 4.24. The number of nitrogens with zero attached hydrogens (tertiary/aromatic N) is 1. The lowest BCUT2D eigenvalue weighted by atomic mass is 10.1. The maximum Gasteiger partial charge on any atom is 0.102 e. The molecule has 0 aromatic heterocycles. The van der Waals surface area contributed by atoms with E-state index >= 15 is 0 Å². The van der Waals surface area contributed by atoms with E-state index in [1.165, 1.54) is 32.2 Å². The molecule has 1 aliphatic heterocycles. The normalized spacial score (nSPS) is 37.8. The maximum atomic E-state index is 8.98. The van der Waals surface area contributed by atoms with Crippen molar-refractivity contribution in [3.8, 4) is 0 Å². The minimum Gasteiger partial charge on any atom is -0.391 e. The maximum absolute atomic E-state index is 8.98. The molecule has 2 heteroatoms. The molecule has 12 heavy (non-hydrogen) atoms. The molecule has 0 saturated carbocycles. The van der Waals surface area contributed by atoms with Crippen molar-refractivity contribution in [2.45, 2.75) is 38.6 Å². The first kappa shape index (κ1) is 10.0. The third-order valence-corrected chi connectivity index (χ3v) is 3.47. The fourth-order valence-electron chi connectivity index (χ4n) is 2.18. The van der Waals surface area contributed by atoms with Crippen LogP contribution in [0.1, 0.15) is 32.6 Å². The van der Waals surface area contributed by atoms with Gasteiger partial charge in [-0.3, -0.25) is 0 Å². The molecule has 1 heterocycles. The summed E-state index contributed by atoms with van der Waals surface area (Å²) < 4.78 is 1.08. The topological polar surface area (TPSA) is 20.2 Å². The Hall–Kier alpha value is -0.0800. The molecule has 0 aromatic carbocycles. The van der Waals surface area contributed by atoms with Crippen LogP contribution in [0.2, 0.25) is 0 Å². The van der Waals surface area contributed by atoms with Gasteiger partial charge < -0.3 is 9.59 Å². The van der Waals surface area contributed by atoms with Crippen LogP contribution < -0.4 is 0 Å². The van der Waals surface area contributed by atoms with E-state index in [1.54, 1.807) is 0 Å². The van der Waals surface area contributed by atoms with Crippen molar-refractivity contribution in [2.24, 2.45) is 0 Å². The average Bonchev–Trinajstić information content (AvgIpc) is 2.17. The van der Waals surface area contributed by atoms with Crippen LogP contribution >= 0.6 is 0 Å². The lowest BCUT2D eigenvalue weighted by molar-refractivity contribution is -0.931. The van der Waals surface area contributed by atoms with Crippen molar-refractivity contribution >= 4 is 0 Å². The summed E-state index contributed by atoms with van der Waals surface area (Å²) in [5.41, 5.74) is 0. The van der Waals surface area contributed by atoms with Gasteiger partial charge in [-0.15, -0.1) is 0 Å². The van der Waals surface area contributed by atoms with Gasteiger partial charge in [0, 0.05) is 0 Å². The Labute approximate surface area is 75.8 Å². The van der Waals surface area contributed by atoms with E-state index in [9.17, 15) is 0 Å². The monoisotopic (exact) mass is 172 g/mol. The zero-order valence-corrected chi connectivity index (χ0v) is 8.42. The molecule has 0 aliphatic carbocycles. The Morgan fingerprint density at radius 3 is 2.75 bits per heavy atom. The molecule has 0 bridgehead atoms. The Morgan fingerprint density at radius 1 is 1.33 bits per heavy atom. The van der Waals surface area contributed by atoms with Gasteiger partial charge in [0.25, 0.3) is 0 Å². The highest BCUT2D eigenvalue weighted by molar-refractivity contribution is 4.59. The van der Waals surface area contributed by atoms with E-state index in [0.717, 1.165) is 17.1 Å². The summed E-state index contributed by atoms with van der Waals surface area (Å²) >= 11 is 0. The van der Waals surface area contributed by atoms with Crippen LogP contribution in [0.25, 0.3) is 0 Å². The van der Waals surface area contributed by atoms with Gasteiger partial charge in [0.05, 0.1) is 26.2 Å². The number of aliphatic hydroxyl groups excluding tert-OH is 1. The van der Waals surface area contributed by atoms with Crippen LogP contribution in [-0.2, 0) is 0 Å². The van der Waals surface area contributed by atoms with Crippen LogP contribution in [0.3, 0.4) is 0 Å². The molecular weight excluding hydrogens is 150 g/mol. The molecular formula is C10H22NO+. The summed E-state index contributed by atoms with van der Waals surface area (Å²) in [6, 6.07) is 0.736. The summed E-state index contributed by atoms with van der Waals surface area (Å²) in [5.74, 6) is 0. The van der Waals surface area contributed by atoms with Crippen molar-refractivity contribution in [3.63, 3.8) is 0 Å². The average molecular weight is 172 g/mol. The van der Waals surface area contributed by atoms with Crippen LogP contribution in [0.4, 0.5) is 0 Å². The first-order valence-corrected chi connectivity index (χ1v) is 5.14. The van der Waals surface area contributed by atoms with E-state index < -0.39 is 0 Å². The second-order valence-electron chi connectivity index (χ2n) is 4.35. The quantitative estimate of drug-likeness (QED) is 0.624. The van der Waals surface area contributed by atoms with Gasteiger partial charge in [0.1, 0.15) is 6.54 Å². The summed E-state index contributed by atoms with van der Waals surface area (Å²) in [7, 11) is 2.28. The number of likely N-dealkylation sites (tertiary alicyclic amines) is 1. The van der Waals surface area contributed by atoms with E-state index in [2.05, 4.69) is 14.0 Å². The van der Waals surface area contributed by atoms with Gasteiger partial charge in [-0.05, 0) is 32.6 Å². The third-order valence-electron chi connectivity index (χ3n) is 3.47. The number of aliphatic hydroxyl groups is 1. The molecule has 0 aromatic rings. The van der Waals surface area contributed by atoms with Gasteiger partial charge in [0.15, 0.2) is 0 Å². The fourth-order valence-corrected chi connectivity index (χ4v) is 2.18. The summed E-state index contributed by atoms with van der Waals surface area (Å²) in [6.07, 6.45) is 5.42. The first-order valence-electron chi connectivity index (χ1n) is 5.14. The third kappa shape index (κ3) is 2.20. The van der Waals surface area contributed by atoms with Gasteiger partial charge in [0.2, 0.25) is 0 Å². The minimum absolute atomic E-state index is 0.334. The molecule has 0 amide bonds. The number of quaternary nitrogens is 1. The largest absolute Gasteiger partial charge is 0.391 e. The van der Waals surface area contributed by atoms with Crippen LogP contribution in [0.15, 0.2) is 0 Å². The highest BCUT2D eigenvalue weighted by Crippen LogP contribution is 2.21. The van der Waals surface area contributed by atoms with Crippen LogP contribution in [0.5, 0.6) is 0 Å². The van der Waals surface area contributed by atoms with E-state index in [0.29, 0.717) is 6.61 Å². The Balaban J connectivity index is 2.55. The predicted octanol–water partition coefficient (Wildman–Crippen LogP) is 1.39. The highest BCUT2D eigenvalue weighted by atomic mass is 16.3. The van der Waals surface area contributed by atoms with Crippen LogP contribution in [-0.4, -0.2) is 42.4 Å². The van der Waals surface area contributed by atoms with Crippen molar-refractivity contribution in [1.82, 2.24) is 0 Å². The summed E-state index contributed by atoms with van der Waals surface area (Å²) in [5, 5.41) is 8.98. The molecule has 1 saturated heterocycles. The smallest absolute Gasteiger partial charge is 0.102 e. The van der Waals surface area contributed by atoms with Crippen molar-refractivity contribution in [3.05, 3.63) is 0 Å². The van der Waals surface area contributed by atoms with E-state index in [-0.39, 0.29) is 0 Å². The lowest BCUT2D eigenvalue weighted by Crippen LogP contribution is -2.52. The highest BCUT2D eigenvalue weighted by Gasteiger charge is 2.29. The molecule has 1 fully saturated rings. The zero-order chi connectivity index (χ0) is 9.03. The fraction of sp³-hybridized carbons (Fsp3) is 1.00. The Bertz CT molecular complexity index is 138. The van der Waals surface area contributed by atoms with Gasteiger partial charge in [-0.2, -0.15) is 0 Å². The molecule has 2 nitrogen and oxygen atoms in total. The lowest BCUT2D eigenvalue weighted by Gasteiger charge is -2.38. The minimum atomic E-state index is 0.334. The van der Waals surface area contributed by atoms with Gasteiger partial charge in [-0.1, -0.05) is 0 Å². The zero-order valence-electron chi connectivity index (χ0n) is 8.42. The van der Waals surface area contributed by atoms with Crippen molar-refractivity contribution < 1.29 is 9.59 Å². The van der Waals surface area contributed by atoms with Gasteiger partial charge >= 0.3 is 0 Å². The molecule has 1 unspecified atom stereocenters. The molecule has 1 N–H and O–H groups in total. The molecule has 72 valence electrons. The SMILES string of the molecule is C[C@@H]1CCCCC[N+]1(C)CCO. The number of rotatable bonds is 2. The second-order valence-corrected chi connectivity index (χ2v) is 4.35. The number of hydrogen-bond acceptors (Lipinski definition) is 1. The summed E-state index contributed by atoms with van der Waals surface area (Å²) in [6.45, 7) is 4.84. The Morgan fingerprint density at radius 2 is 2.08 bits per heavy atom. The van der Waals surface area contributed by atoms with Gasteiger partial charge in [-0.25, -0.2) is 0 Å². The molecule has 1 aliphatic rings. The molecule has 1 rings (SSSR count). The standard InChI is InChI=1S/C10H22NO/c1-10-6-4-3-5-7-11(10,2)8-9-12/h10,12H,3-9H2,1-2H3/q+1/t10-,11?/m1/s1. The van der Waals surface area contributed by atoms with E-state index in [1.807, 2.05) is 0 Å². The Kier molecular flexibility index (Phi) is 3.53. The number of likely N-dealkylation sites (N-methyl/N-ethyl adjacent to an activating group) is 1. The molecule has 2 atom stereocenters. The molecule has 0 spiro atoms. The van der Waals surface area contributed by atoms with Crippen molar-refractivity contribution in [1.29, 1.82) is 0 Å². The first-order chi connectivity index (χ1) is 5.69. The molecule has 0 radical (unpaired) electrons.